The van der Waals surface area contributed by atoms with Crippen molar-refractivity contribution >= 4 is 11.6 Å². The lowest BCUT2D eigenvalue weighted by molar-refractivity contribution is -0.124. The van der Waals surface area contributed by atoms with Crippen LogP contribution in [0.25, 0.3) is 0 Å². The molecule has 124 valence electrons. The normalized spacial score (nSPS) is 28.0. The zero-order valence-electron chi connectivity index (χ0n) is 13.5. The molecule has 1 aliphatic carbocycles. The van der Waals surface area contributed by atoms with Gasteiger partial charge in [-0.2, -0.15) is 0 Å². The van der Waals surface area contributed by atoms with E-state index in [9.17, 15) is 4.79 Å². The molecule has 0 aromatic heterocycles. The van der Waals surface area contributed by atoms with Gasteiger partial charge in [0.2, 0.25) is 5.91 Å². The van der Waals surface area contributed by atoms with Crippen LogP contribution in [0.5, 0.6) is 11.5 Å². The number of carbonyl (C=O) groups excluding carboxylic acids is 1. The molecule has 5 nitrogen and oxygen atoms in total. The third-order valence-electron chi connectivity index (χ3n) is 5.02. The van der Waals surface area contributed by atoms with E-state index in [1.54, 1.807) is 0 Å². The van der Waals surface area contributed by atoms with Crippen molar-refractivity contribution in [3.63, 3.8) is 0 Å². The molecule has 5 heteroatoms. The topological polar surface area (TPSA) is 56.8 Å². The number of anilines is 1. The molecule has 1 saturated heterocycles. The van der Waals surface area contributed by atoms with Crippen LogP contribution in [0.3, 0.4) is 0 Å². The molecule has 4 rings (SSSR count). The Morgan fingerprint density at radius 3 is 2.78 bits per heavy atom. The maximum absolute atomic E-state index is 12.4. The largest absolute Gasteiger partial charge is 0.448 e. The molecule has 23 heavy (non-hydrogen) atoms. The van der Waals surface area contributed by atoms with Gasteiger partial charge in [0.05, 0.1) is 6.10 Å². The van der Waals surface area contributed by atoms with Gasteiger partial charge in [-0.05, 0) is 44.7 Å². The Morgan fingerprint density at radius 1 is 1.22 bits per heavy atom. The first-order valence-electron chi connectivity index (χ1n) is 8.58. The summed E-state index contributed by atoms with van der Waals surface area (Å²) in [6, 6.07) is 5.66. The summed E-state index contributed by atoms with van der Waals surface area (Å²) in [4.78, 5) is 12.4. The molecule has 1 amide bonds. The molecule has 1 aromatic carbocycles. The third-order valence-corrected chi connectivity index (χ3v) is 5.02. The van der Waals surface area contributed by atoms with E-state index < -0.39 is 5.79 Å². The Kier molecular flexibility index (Phi) is 3.68. The van der Waals surface area contributed by atoms with Crippen molar-refractivity contribution in [2.45, 2.75) is 57.3 Å². The molecular weight excluding hydrogens is 294 g/mol. The fourth-order valence-electron chi connectivity index (χ4n) is 3.77. The number of benzene rings is 1. The van der Waals surface area contributed by atoms with Crippen LogP contribution in [0.15, 0.2) is 18.2 Å². The summed E-state index contributed by atoms with van der Waals surface area (Å²) in [5.41, 5.74) is 0.770. The zero-order chi connectivity index (χ0) is 15.9. The molecule has 0 unspecified atom stereocenters. The molecule has 2 fully saturated rings. The van der Waals surface area contributed by atoms with Gasteiger partial charge in [-0.25, -0.2) is 0 Å². The smallest absolute Gasteiger partial charge is 0.251 e. The second-order valence-corrected chi connectivity index (χ2v) is 6.88. The highest BCUT2D eigenvalue weighted by Gasteiger charge is 2.44. The van der Waals surface area contributed by atoms with Gasteiger partial charge in [0.15, 0.2) is 11.5 Å². The van der Waals surface area contributed by atoms with Gasteiger partial charge in [0.1, 0.15) is 0 Å². The number of rotatable bonds is 2. The zero-order valence-corrected chi connectivity index (χ0v) is 13.5. The average Bonchev–Trinajstić information content (AvgIpc) is 3.13. The minimum Gasteiger partial charge on any atom is -0.448 e. The van der Waals surface area contributed by atoms with Gasteiger partial charge in [-0.1, -0.05) is 0 Å². The molecule has 2 aliphatic heterocycles. The maximum atomic E-state index is 12.4. The van der Waals surface area contributed by atoms with E-state index in [-0.39, 0.29) is 17.9 Å². The number of hydrogen-bond donors (Lipinski definition) is 1. The van der Waals surface area contributed by atoms with Gasteiger partial charge in [0, 0.05) is 37.1 Å². The van der Waals surface area contributed by atoms with Crippen LogP contribution in [0, 0.1) is 5.92 Å². The summed E-state index contributed by atoms with van der Waals surface area (Å²) in [5.74, 6) is 1.15. The summed E-state index contributed by atoms with van der Waals surface area (Å²) >= 11 is 0. The lowest BCUT2D eigenvalue weighted by Crippen LogP contribution is -2.34. The summed E-state index contributed by atoms with van der Waals surface area (Å²) in [6.45, 7) is 2.67. The van der Waals surface area contributed by atoms with Crippen molar-refractivity contribution < 1.29 is 19.0 Å². The second-order valence-electron chi connectivity index (χ2n) is 6.88. The van der Waals surface area contributed by atoms with E-state index >= 15 is 0 Å². The van der Waals surface area contributed by atoms with Gasteiger partial charge in [0.25, 0.3) is 5.79 Å². The molecule has 1 saturated carbocycles. The predicted octanol–water partition coefficient (Wildman–Crippen LogP) is 3.48. The lowest BCUT2D eigenvalue weighted by atomic mass is 9.95. The minimum absolute atomic E-state index is 0.0188. The van der Waals surface area contributed by atoms with E-state index in [0.29, 0.717) is 6.61 Å². The van der Waals surface area contributed by atoms with Crippen LogP contribution >= 0.6 is 0 Å². The molecule has 1 aromatic rings. The number of hydrogen-bond acceptors (Lipinski definition) is 4. The van der Waals surface area contributed by atoms with E-state index in [1.165, 1.54) is 0 Å². The van der Waals surface area contributed by atoms with Crippen LogP contribution in [0.4, 0.5) is 5.69 Å². The number of ether oxygens (including phenoxy) is 3. The molecule has 2 heterocycles. The Morgan fingerprint density at radius 2 is 2.00 bits per heavy atom. The highest BCUT2D eigenvalue weighted by molar-refractivity contribution is 5.93. The second kappa shape index (κ2) is 5.71. The van der Waals surface area contributed by atoms with E-state index in [4.69, 9.17) is 14.2 Å². The van der Waals surface area contributed by atoms with E-state index in [1.807, 2.05) is 25.1 Å². The average molecular weight is 317 g/mol. The summed E-state index contributed by atoms with van der Waals surface area (Å²) < 4.78 is 17.5. The summed E-state index contributed by atoms with van der Waals surface area (Å²) in [6.07, 6.45) is 5.85. The standard InChI is InChI=1S/C18H23NO4/c1-12-10-13(6-9-21-12)17(20)19-14-4-5-15-16(11-14)23-18(22-15)7-2-3-8-18/h4-5,11-13H,2-3,6-10H2,1H3,(H,19,20)/t12-,13+/m1/s1. The van der Waals surface area contributed by atoms with Crippen LogP contribution in [-0.2, 0) is 9.53 Å². The van der Waals surface area contributed by atoms with Crippen LogP contribution in [-0.4, -0.2) is 24.4 Å². The Bertz CT molecular complexity index is 609. The van der Waals surface area contributed by atoms with E-state index in [2.05, 4.69) is 5.32 Å². The number of amides is 1. The molecule has 2 atom stereocenters. The minimum atomic E-state index is -0.457. The molecule has 0 bridgehead atoms. The van der Waals surface area contributed by atoms with Gasteiger partial charge < -0.3 is 19.5 Å². The highest BCUT2D eigenvalue weighted by atomic mass is 16.7. The van der Waals surface area contributed by atoms with Gasteiger partial charge >= 0.3 is 0 Å². The van der Waals surface area contributed by atoms with Crippen molar-refractivity contribution in [2.75, 3.05) is 11.9 Å². The third kappa shape index (κ3) is 2.90. The Balaban J connectivity index is 1.44. The van der Waals surface area contributed by atoms with Gasteiger partial charge in [-0.15, -0.1) is 0 Å². The predicted molar refractivity (Wildman–Crippen MR) is 85.7 cm³/mol. The van der Waals surface area contributed by atoms with Gasteiger partial charge in [-0.3, -0.25) is 4.79 Å². The molecular formula is C18H23NO4. The maximum Gasteiger partial charge on any atom is 0.251 e. The molecule has 0 radical (unpaired) electrons. The molecule has 1 N–H and O–H groups in total. The summed E-state index contributed by atoms with van der Waals surface area (Å²) in [5, 5.41) is 3.01. The van der Waals surface area contributed by atoms with Crippen molar-refractivity contribution in [2.24, 2.45) is 5.92 Å². The first kappa shape index (κ1) is 14.8. The Hall–Kier alpha value is -1.75. The summed E-state index contributed by atoms with van der Waals surface area (Å²) in [7, 11) is 0. The quantitative estimate of drug-likeness (QED) is 0.907. The first-order chi connectivity index (χ1) is 11.1. The fraction of sp³-hybridized carbons (Fsp3) is 0.611. The number of nitrogens with one attached hydrogen (secondary N) is 1. The van der Waals surface area contributed by atoms with Crippen molar-refractivity contribution in [1.82, 2.24) is 0 Å². The van der Waals surface area contributed by atoms with Crippen molar-refractivity contribution in [3.05, 3.63) is 18.2 Å². The fourth-order valence-corrected chi connectivity index (χ4v) is 3.77. The molecule has 3 aliphatic rings. The number of fused-ring (bicyclic) bond motifs is 1. The van der Waals surface area contributed by atoms with Crippen molar-refractivity contribution in [3.8, 4) is 11.5 Å². The first-order valence-corrected chi connectivity index (χ1v) is 8.58. The van der Waals surface area contributed by atoms with Crippen LogP contribution < -0.4 is 14.8 Å². The highest BCUT2D eigenvalue weighted by Crippen LogP contribution is 2.47. The van der Waals surface area contributed by atoms with E-state index in [0.717, 1.165) is 55.7 Å². The van der Waals surface area contributed by atoms with Crippen molar-refractivity contribution in [1.29, 1.82) is 0 Å². The lowest BCUT2D eigenvalue weighted by Gasteiger charge is -2.26. The monoisotopic (exact) mass is 317 g/mol. The van der Waals surface area contributed by atoms with Crippen LogP contribution in [0.2, 0.25) is 0 Å². The number of carbonyl (C=O) groups is 1. The van der Waals surface area contributed by atoms with Crippen LogP contribution in [0.1, 0.15) is 45.4 Å². The SMILES string of the molecule is C[C@@H]1C[C@@H](C(=O)Nc2ccc3c(c2)OC2(CCCC2)O3)CCO1. The molecule has 1 spiro atoms. The Labute approximate surface area is 136 Å².